The summed E-state index contributed by atoms with van der Waals surface area (Å²) in [6, 6.07) is 7.31. The number of sulfonamides is 1. The lowest BCUT2D eigenvalue weighted by Crippen LogP contribution is -2.35. The highest BCUT2D eigenvalue weighted by molar-refractivity contribution is 7.92. The maximum absolute atomic E-state index is 13.3. The number of aryl methyl sites for hydroxylation is 1. The summed E-state index contributed by atoms with van der Waals surface area (Å²) in [6.07, 6.45) is 1.61. The third-order valence-electron chi connectivity index (χ3n) is 6.06. The smallest absolute Gasteiger partial charge is 0.252 e. The molecule has 2 N–H and O–H groups in total. The summed E-state index contributed by atoms with van der Waals surface area (Å²) in [6.45, 7) is 6.49. The number of primary amides is 1. The maximum atomic E-state index is 13.3. The van der Waals surface area contributed by atoms with Gasteiger partial charge in [-0.3, -0.25) is 9.10 Å². The Morgan fingerprint density at radius 2 is 1.76 bits per heavy atom. The van der Waals surface area contributed by atoms with Crippen molar-refractivity contribution in [2.45, 2.75) is 51.7 Å². The number of sulfone groups is 1. The summed E-state index contributed by atoms with van der Waals surface area (Å²) in [5.74, 6) is -1.01. The van der Waals surface area contributed by atoms with Gasteiger partial charge in [-0.1, -0.05) is 19.1 Å². The molecular weight excluding hydrogens is 521 g/mol. The fourth-order valence-corrected chi connectivity index (χ4v) is 5.95. The summed E-state index contributed by atoms with van der Waals surface area (Å²) in [5, 5.41) is 0.342. The van der Waals surface area contributed by atoms with Gasteiger partial charge in [-0.15, -0.1) is 0 Å². The molecule has 9 nitrogen and oxygen atoms in total. The lowest BCUT2D eigenvalue weighted by atomic mass is 10.0. The number of carbonyl (C=O) groups is 1. The van der Waals surface area contributed by atoms with Crippen LogP contribution in [0.5, 0.6) is 0 Å². The van der Waals surface area contributed by atoms with Gasteiger partial charge in [-0.25, -0.2) is 21.2 Å². The van der Waals surface area contributed by atoms with Gasteiger partial charge in [0.15, 0.2) is 9.84 Å². The third-order valence-corrected chi connectivity index (χ3v) is 9.91. The molecule has 0 saturated heterocycles. The Balaban J connectivity index is 2.07. The first-order chi connectivity index (χ1) is 17.0. The molecule has 0 saturated carbocycles. The van der Waals surface area contributed by atoms with Crippen LogP contribution in [0.4, 0.5) is 10.2 Å². The Hall–Kier alpha value is -2.99. The van der Waals surface area contributed by atoms with Crippen molar-refractivity contribution in [3.63, 3.8) is 0 Å². The van der Waals surface area contributed by atoms with Crippen molar-refractivity contribution in [3.05, 3.63) is 58.6 Å². The van der Waals surface area contributed by atoms with Crippen LogP contribution in [0.2, 0.25) is 0 Å². The predicted molar refractivity (Wildman–Crippen MR) is 141 cm³/mol. The molecule has 0 unspecified atom stereocenters. The maximum Gasteiger partial charge on any atom is 0.252 e. The Morgan fingerprint density at radius 1 is 1.14 bits per heavy atom. The van der Waals surface area contributed by atoms with Crippen LogP contribution < -0.4 is 10.0 Å². The Bertz CT molecular complexity index is 1520. The predicted octanol–water partition coefficient (Wildman–Crippen LogP) is 3.59. The van der Waals surface area contributed by atoms with Gasteiger partial charge in [0.05, 0.1) is 27.7 Å². The number of amides is 1. The first kappa shape index (κ1) is 28.6. The number of nitrogens with zero attached hydrogens (tertiary/aromatic N) is 2. The van der Waals surface area contributed by atoms with Crippen LogP contribution in [0, 0.1) is 5.82 Å². The molecule has 0 aliphatic carbocycles. The van der Waals surface area contributed by atoms with E-state index in [4.69, 9.17) is 10.2 Å². The largest absolute Gasteiger partial charge is 0.441 e. The van der Waals surface area contributed by atoms with Crippen molar-refractivity contribution in [2.24, 2.45) is 5.73 Å². The average molecular weight is 554 g/mol. The zero-order chi connectivity index (χ0) is 27.8. The molecule has 37 heavy (non-hydrogen) atoms. The highest BCUT2D eigenvalue weighted by atomic mass is 32.2. The van der Waals surface area contributed by atoms with E-state index >= 15 is 0 Å². The Kier molecular flexibility index (Phi) is 8.04. The number of carbonyl (C=O) groups excluding carboxylic acids is 1. The first-order valence-electron chi connectivity index (χ1n) is 11.7. The van der Waals surface area contributed by atoms with Gasteiger partial charge in [0.1, 0.15) is 17.4 Å². The molecule has 1 amide bonds. The molecule has 0 fully saturated rings. The summed E-state index contributed by atoms with van der Waals surface area (Å²) in [5.41, 5.74) is 7.00. The van der Waals surface area contributed by atoms with Crippen molar-refractivity contribution < 1.29 is 30.4 Å². The van der Waals surface area contributed by atoms with Crippen molar-refractivity contribution in [2.75, 3.05) is 22.9 Å². The zero-order valence-electron chi connectivity index (χ0n) is 21.5. The van der Waals surface area contributed by atoms with Gasteiger partial charge >= 0.3 is 0 Å². The fraction of sp³-hybridized carbons (Fsp3) is 0.440. The van der Waals surface area contributed by atoms with Crippen LogP contribution in [0.25, 0.3) is 11.1 Å². The van der Waals surface area contributed by atoms with E-state index in [1.807, 2.05) is 0 Å². The second-order valence-corrected chi connectivity index (χ2v) is 14.6. The molecular formula is C25H32FN3O6S2. The molecule has 0 aliphatic heterocycles. The Labute approximate surface area is 216 Å². The summed E-state index contributed by atoms with van der Waals surface area (Å²) < 4.78 is 69.8. The zero-order valence-corrected chi connectivity index (χ0v) is 23.2. The number of furan rings is 1. The van der Waals surface area contributed by atoms with Gasteiger partial charge in [0.2, 0.25) is 15.7 Å². The number of rotatable bonds is 10. The molecule has 2 heterocycles. The second-order valence-electron chi connectivity index (χ2n) is 9.87. The van der Waals surface area contributed by atoms with E-state index in [1.165, 1.54) is 12.1 Å². The van der Waals surface area contributed by atoms with E-state index < -0.39 is 36.3 Å². The third kappa shape index (κ3) is 6.30. The van der Waals surface area contributed by atoms with Crippen LogP contribution >= 0.6 is 0 Å². The summed E-state index contributed by atoms with van der Waals surface area (Å²) in [7, 11) is -7.29. The van der Waals surface area contributed by atoms with Crippen LogP contribution in [0.3, 0.4) is 0 Å². The topological polar surface area (TPSA) is 141 Å². The number of hydrogen-bond donors (Lipinski definition) is 1. The molecule has 3 rings (SSSR count). The quantitative estimate of drug-likeness (QED) is 0.404. The number of anilines is 1. The number of nitrogens with two attached hydrogens (primary N) is 1. The molecule has 0 bridgehead atoms. The van der Waals surface area contributed by atoms with Crippen molar-refractivity contribution in [1.82, 2.24) is 4.98 Å². The molecule has 1 aromatic carbocycles. The van der Waals surface area contributed by atoms with Crippen LogP contribution in [-0.4, -0.2) is 51.0 Å². The number of benzene rings is 1. The van der Waals surface area contributed by atoms with Crippen LogP contribution in [0.1, 0.15) is 61.4 Å². The van der Waals surface area contributed by atoms with E-state index in [-0.39, 0.29) is 48.0 Å². The van der Waals surface area contributed by atoms with Gasteiger partial charge in [0, 0.05) is 13.0 Å². The van der Waals surface area contributed by atoms with Crippen molar-refractivity contribution in [1.29, 1.82) is 0 Å². The lowest BCUT2D eigenvalue weighted by Gasteiger charge is -2.24. The number of aromatic nitrogens is 1. The fourth-order valence-electron chi connectivity index (χ4n) is 3.90. The van der Waals surface area contributed by atoms with Crippen molar-refractivity contribution >= 4 is 42.7 Å². The minimum Gasteiger partial charge on any atom is -0.441 e. The molecule has 2 aromatic heterocycles. The number of fused-ring (bicyclic) bond motifs is 1. The summed E-state index contributed by atoms with van der Waals surface area (Å²) in [4.78, 5) is 16.8. The standard InChI is InChI=1S/C25H32FN3O6S2/c1-6-17-15-19-21(22(27)30)20(14-16-8-10-18(26)11-9-16)35-24(19)28-23(17)29(36(5,31)32)12-7-13-37(33,34)25(2,3)4/h8-11,15H,6-7,12-14H2,1-5H3,(H2,27,30). The average Bonchev–Trinajstić information content (AvgIpc) is 3.12. The number of halogens is 1. The monoisotopic (exact) mass is 553 g/mol. The summed E-state index contributed by atoms with van der Waals surface area (Å²) >= 11 is 0. The molecule has 0 atom stereocenters. The molecule has 202 valence electrons. The van der Waals surface area contributed by atoms with Gasteiger partial charge in [-0.2, -0.15) is 4.98 Å². The molecule has 12 heteroatoms. The highest BCUT2D eigenvalue weighted by Gasteiger charge is 2.30. The second kappa shape index (κ2) is 10.4. The van der Waals surface area contributed by atoms with Gasteiger partial charge in [0.25, 0.3) is 5.91 Å². The number of pyridine rings is 1. The normalized spacial score (nSPS) is 12.7. The first-order valence-corrected chi connectivity index (χ1v) is 15.2. The van der Waals surface area contributed by atoms with E-state index in [9.17, 15) is 26.0 Å². The van der Waals surface area contributed by atoms with Crippen LogP contribution in [0.15, 0.2) is 34.7 Å². The minimum absolute atomic E-state index is 0.0223. The molecule has 0 aliphatic rings. The van der Waals surface area contributed by atoms with E-state index in [0.717, 1.165) is 10.6 Å². The van der Waals surface area contributed by atoms with Gasteiger partial charge < -0.3 is 10.2 Å². The van der Waals surface area contributed by atoms with Gasteiger partial charge in [-0.05, 0) is 62.9 Å². The van der Waals surface area contributed by atoms with Crippen molar-refractivity contribution in [3.8, 4) is 0 Å². The van der Waals surface area contributed by atoms with E-state index in [2.05, 4.69) is 4.98 Å². The Morgan fingerprint density at radius 3 is 2.27 bits per heavy atom. The van der Waals surface area contributed by atoms with E-state index in [1.54, 1.807) is 45.9 Å². The number of hydrogen-bond acceptors (Lipinski definition) is 7. The molecule has 0 spiro atoms. The minimum atomic E-state index is -3.84. The highest BCUT2D eigenvalue weighted by Crippen LogP contribution is 2.32. The lowest BCUT2D eigenvalue weighted by molar-refractivity contribution is 0.1000. The van der Waals surface area contributed by atoms with Crippen LogP contribution in [-0.2, 0) is 32.7 Å². The van der Waals surface area contributed by atoms with E-state index in [0.29, 0.717) is 22.9 Å². The molecule has 3 aromatic rings. The molecule has 0 radical (unpaired) electrons. The SMILES string of the molecule is CCc1cc2c(C(N)=O)c(Cc3ccc(F)cc3)oc2nc1N(CCCS(=O)(=O)C(C)(C)C)S(C)(=O)=O.